The number of sulfonamides is 2. The van der Waals surface area contributed by atoms with Crippen molar-refractivity contribution >= 4 is 43.2 Å². The van der Waals surface area contributed by atoms with Crippen molar-refractivity contribution in [2.24, 2.45) is 0 Å². The van der Waals surface area contributed by atoms with Crippen LogP contribution < -0.4 is 15.9 Å². The van der Waals surface area contributed by atoms with Gasteiger partial charge in [-0.1, -0.05) is 67.9 Å². The van der Waals surface area contributed by atoms with Gasteiger partial charge >= 0.3 is 11.0 Å². The van der Waals surface area contributed by atoms with Gasteiger partial charge in [0.05, 0.1) is 6.16 Å². The molecule has 38 heavy (non-hydrogen) atoms. The van der Waals surface area contributed by atoms with E-state index in [1.54, 1.807) is 0 Å². The first-order chi connectivity index (χ1) is 17.6. The molecule has 0 unspecified atom stereocenters. The van der Waals surface area contributed by atoms with E-state index in [2.05, 4.69) is 97.9 Å². The second-order valence-corrected chi connectivity index (χ2v) is 14.8. The van der Waals surface area contributed by atoms with Crippen LogP contribution in [0.15, 0.2) is 91.0 Å². The minimum absolute atomic E-state index is 0.778. The summed E-state index contributed by atoms with van der Waals surface area (Å²) >= 11 is 0. The third kappa shape index (κ3) is 7.56. The largest absolute Gasteiger partial charge is 0.480 e. The Morgan fingerprint density at radius 3 is 1.13 bits per heavy atom. The van der Waals surface area contributed by atoms with E-state index in [1.807, 2.05) is 0 Å². The molecule has 14 heteroatoms. The lowest BCUT2D eigenvalue weighted by Crippen LogP contribution is -2.33. The van der Waals surface area contributed by atoms with Gasteiger partial charge in [0.2, 0.25) is 0 Å². The monoisotopic (exact) mass is 599 g/mol. The van der Waals surface area contributed by atoms with Crippen molar-refractivity contribution in [2.75, 3.05) is 6.16 Å². The number of halogens is 6. The van der Waals surface area contributed by atoms with E-state index < -0.39 is 38.3 Å². The molecule has 0 aliphatic carbocycles. The van der Waals surface area contributed by atoms with Gasteiger partial charge in [0.15, 0.2) is 20.0 Å². The second-order valence-electron chi connectivity index (χ2n) is 7.81. The number of nitrogens with zero attached hydrogens (tertiary/aromatic N) is 1. The fraction of sp³-hybridized carbons (Fsp3) is 0.250. The Kier molecular flexibility index (Phi) is 10.5. The molecule has 0 amide bonds. The first-order valence-electron chi connectivity index (χ1n) is 11.0. The average Bonchev–Trinajstić information content (AvgIpc) is 2.85. The summed E-state index contributed by atoms with van der Waals surface area (Å²) in [6.45, 7) is 2.29. The van der Waals surface area contributed by atoms with Gasteiger partial charge in [0.25, 0.3) is 0 Å². The van der Waals surface area contributed by atoms with Crippen molar-refractivity contribution in [3.63, 3.8) is 0 Å². The highest BCUT2D eigenvalue weighted by molar-refractivity contribution is 8.13. The highest BCUT2D eigenvalue weighted by atomic mass is 32.3. The lowest BCUT2D eigenvalue weighted by atomic mass is 10.3. The van der Waals surface area contributed by atoms with E-state index in [9.17, 15) is 43.2 Å². The molecule has 3 aromatic rings. The van der Waals surface area contributed by atoms with Crippen molar-refractivity contribution in [3.05, 3.63) is 95.1 Å². The minimum Gasteiger partial charge on any atom is -0.421 e. The van der Waals surface area contributed by atoms with Crippen LogP contribution in [0.4, 0.5) is 26.3 Å². The van der Waals surface area contributed by atoms with Crippen LogP contribution in [0.3, 0.4) is 0 Å². The molecule has 0 aromatic heterocycles. The molecule has 0 fully saturated rings. The lowest BCUT2D eigenvalue weighted by Gasteiger charge is -2.27. The summed E-state index contributed by atoms with van der Waals surface area (Å²) in [5, 5.41) is 4.47. The summed E-state index contributed by atoms with van der Waals surface area (Å²) in [6.07, 6.45) is 3.72. The van der Waals surface area contributed by atoms with Crippen molar-refractivity contribution in [2.45, 2.75) is 30.8 Å². The molecule has 0 aliphatic rings. The van der Waals surface area contributed by atoms with Crippen LogP contribution in [0, 0.1) is 0 Å². The van der Waals surface area contributed by atoms with Crippen molar-refractivity contribution in [1.29, 1.82) is 0 Å². The Balaban J connectivity index is 0.000000296. The summed E-state index contributed by atoms with van der Waals surface area (Å²) in [6, 6.07) is 33.4. The molecule has 3 aromatic carbocycles. The van der Waals surface area contributed by atoms with Crippen LogP contribution in [0.5, 0.6) is 0 Å². The van der Waals surface area contributed by atoms with Gasteiger partial charge in [-0.05, 0) is 42.8 Å². The lowest BCUT2D eigenvalue weighted by molar-refractivity contribution is -0.0444. The molecule has 0 radical (unpaired) electrons. The van der Waals surface area contributed by atoms with E-state index in [1.165, 1.54) is 34.9 Å². The standard InChI is InChI=1S/C22H24P.C2F6NO4S2/c1-2-3-19-23(20-13-7-4-8-14-20,21-15-9-5-10-16-21)22-17-11-6-12-18-22;3-1(4,5)14(10,11)9-15(12,13)2(6,7)8/h4-18H,2-3,19H2,1H3;/q+1;-1. The summed E-state index contributed by atoms with van der Waals surface area (Å²) in [5.41, 5.74) is -12.4. The zero-order valence-electron chi connectivity index (χ0n) is 19.9. The topological polar surface area (TPSA) is 82.4 Å². The molecule has 3 rings (SSSR count). The molecule has 0 spiro atoms. The smallest absolute Gasteiger partial charge is 0.421 e. The summed E-state index contributed by atoms with van der Waals surface area (Å²) < 4.78 is 109. The Morgan fingerprint density at radius 1 is 0.605 bits per heavy atom. The fourth-order valence-electron chi connectivity index (χ4n) is 3.49. The third-order valence-electron chi connectivity index (χ3n) is 5.22. The Morgan fingerprint density at radius 2 is 0.895 bits per heavy atom. The molecule has 0 heterocycles. The van der Waals surface area contributed by atoms with Gasteiger partial charge in [0.1, 0.15) is 23.2 Å². The number of hydrogen-bond acceptors (Lipinski definition) is 4. The first-order valence-corrected chi connectivity index (χ1v) is 15.9. The van der Waals surface area contributed by atoms with Crippen LogP contribution in [-0.2, 0) is 20.0 Å². The second kappa shape index (κ2) is 12.6. The highest BCUT2D eigenvalue weighted by Crippen LogP contribution is 2.55. The Labute approximate surface area is 218 Å². The maximum absolute atomic E-state index is 11.4. The van der Waals surface area contributed by atoms with Crippen LogP contribution in [0.1, 0.15) is 19.8 Å². The summed E-state index contributed by atoms with van der Waals surface area (Å²) in [7, 11) is -15.0. The zero-order valence-corrected chi connectivity index (χ0v) is 22.4. The van der Waals surface area contributed by atoms with Crippen molar-refractivity contribution in [3.8, 4) is 0 Å². The van der Waals surface area contributed by atoms with Gasteiger partial charge in [-0.15, -0.1) is 0 Å². The van der Waals surface area contributed by atoms with Crippen molar-refractivity contribution in [1.82, 2.24) is 0 Å². The number of benzene rings is 3. The highest BCUT2D eigenvalue weighted by Gasteiger charge is 2.47. The Bertz CT molecular complexity index is 1230. The van der Waals surface area contributed by atoms with Crippen LogP contribution in [0.25, 0.3) is 4.13 Å². The molecule has 0 N–H and O–H groups in total. The molecule has 0 aliphatic heterocycles. The molecule has 0 bridgehead atoms. The minimum atomic E-state index is -6.72. The van der Waals surface area contributed by atoms with Gasteiger partial charge in [-0.25, -0.2) is 16.8 Å². The van der Waals surface area contributed by atoms with E-state index in [4.69, 9.17) is 0 Å². The van der Waals surface area contributed by atoms with E-state index in [-0.39, 0.29) is 0 Å². The summed E-state index contributed by atoms with van der Waals surface area (Å²) in [4.78, 5) is 0. The van der Waals surface area contributed by atoms with E-state index in [0.717, 1.165) is 4.13 Å². The molecule has 208 valence electrons. The molecule has 0 saturated heterocycles. The summed E-state index contributed by atoms with van der Waals surface area (Å²) in [5.74, 6) is 0. The zero-order chi connectivity index (χ0) is 28.7. The average molecular weight is 600 g/mol. The van der Waals surface area contributed by atoms with Crippen LogP contribution >= 0.6 is 7.26 Å². The van der Waals surface area contributed by atoms with Crippen LogP contribution in [-0.4, -0.2) is 34.0 Å². The molecular weight excluding hydrogens is 575 g/mol. The SMILES string of the molecule is CCCC[P+](c1ccccc1)(c1ccccc1)c1ccccc1.O=S(=O)([N-]S(=O)(=O)C(F)(F)F)C(F)(F)F. The van der Waals surface area contributed by atoms with Crippen LogP contribution in [0.2, 0.25) is 0 Å². The maximum Gasteiger partial charge on any atom is 0.480 e. The van der Waals surface area contributed by atoms with Gasteiger partial charge < -0.3 is 4.13 Å². The molecule has 0 saturated carbocycles. The van der Waals surface area contributed by atoms with E-state index in [0.29, 0.717) is 0 Å². The number of rotatable bonds is 8. The predicted molar refractivity (Wildman–Crippen MR) is 138 cm³/mol. The van der Waals surface area contributed by atoms with Crippen molar-refractivity contribution < 1.29 is 43.2 Å². The normalized spacial score (nSPS) is 12.9. The Hall–Kier alpha value is -2.47. The quantitative estimate of drug-likeness (QED) is 0.241. The fourth-order valence-corrected chi connectivity index (χ4v) is 9.70. The molecule has 5 nitrogen and oxygen atoms in total. The van der Waals surface area contributed by atoms with Gasteiger partial charge in [-0.3, -0.25) is 0 Å². The van der Waals surface area contributed by atoms with E-state index >= 15 is 0 Å². The number of unbranched alkanes of at least 4 members (excludes halogenated alkanes) is 1. The predicted octanol–water partition coefficient (Wildman–Crippen LogP) is 5.84. The number of alkyl halides is 6. The maximum atomic E-state index is 11.4. The van der Waals surface area contributed by atoms with Gasteiger partial charge in [0, 0.05) is 0 Å². The van der Waals surface area contributed by atoms with Gasteiger partial charge in [-0.2, -0.15) is 26.3 Å². The molecule has 0 atom stereocenters. The molecular formula is C24H24F6NO4PS2. The third-order valence-corrected chi connectivity index (χ3v) is 12.5. The number of hydrogen-bond donors (Lipinski definition) is 0. The first kappa shape index (κ1) is 31.7.